The minimum Gasteiger partial charge on any atom is -0.349 e. The fourth-order valence-electron chi connectivity index (χ4n) is 2.82. The number of anilines is 2. The van der Waals surface area contributed by atoms with Crippen molar-refractivity contribution in [2.24, 2.45) is 0 Å². The number of nitrogens with zero attached hydrogens (tertiary/aromatic N) is 1. The van der Waals surface area contributed by atoms with Gasteiger partial charge in [-0.1, -0.05) is 23.5 Å². The van der Waals surface area contributed by atoms with E-state index in [0.717, 1.165) is 28.6 Å². The lowest BCUT2D eigenvalue weighted by Crippen LogP contribution is -2.25. The van der Waals surface area contributed by atoms with E-state index in [-0.39, 0.29) is 17.7 Å². The zero-order valence-electron chi connectivity index (χ0n) is 16.3. The highest BCUT2D eigenvalue weighted by atomic mass is 32.1. The van der Waals surface area contributed by atoms with Gasteiger partial charge in [0.05, 0.1) is 10.2 Å². The van der Waals surface area contributed by atoms with Crippen molar-refractivity contribution < 1.29 is 14.4 Å². The van der Waals surface area contributed by atoms with E-state index < -0.39 is 0 Å². The Morgan fingerprint density at radius 2 is 1.83 bits per heavy atom. The summed E-state index contributed by atoms with van der Waals surface area (Å²) in [5.74, 6) is -0.510. The average molecular weight is 420 g/mol. The molecule has 3 amide bonds. The molecule has 1 aliphatic carbocycles. The molecule has 8 heteroatoms. The maximum atomic E-state index is 12.2. The monoisotopic (exact) mass is 420 g/mol. The topological polar surface area (TPSA) is 100 Å². The van der Waals surface area contributed by atoms with Gasteiger partial charge in [-0.2, -0.15) is 0 Å². The van der Waals surface area contributed by atoms with Crippen molar-refractivity contribution in [3.8, 4) is 0 Å². The number of aromatic nitrogens is 1. The summed E-state index contributed by atoms with van der Waals surface area (Å²) in [6, 6.07) is 12.8. The van der Waals surface area contributed by atoms with Crippen molar-refractivity contribution in [2.45, 2.75) is 25.8 Å². The Bertz CT molecular complexity index is 1150. The molecule has 1 aromatic heterocycles. The van der Waals surface area contributed by atoms with Gasteiger partial charge in [0.15, 0.2) is 5.13 Å². The van der Waals surface area contributed by atoms with E-state index in [0.29, 0.717) is 22.4 Å². The molecule has 0 spiro atoms. The molecule has 0 radical (unpaired) electrons. The number of amides is 3. The van der Waals surface area contributed by atoms with Gasteiger partial charge in [0.25, 0.3) is 5.91 Å². The fourth-order valence-corrected chi connectivity index (χ4v) is 3.73. The smallest absolute Gasteiger partial charge is 0.251 e. The fraction of sp³-hybridized carbons (Fsp3) is 0.182. The summed E-state index contributed by atoms with van der Waals surface area (Å²) in [4.78, 5) is 39.8. The van der Waals surface area contributed by atoms with Crippen LogP contribution in [0.4, 0.5) is 10.8 Å². The second-order valence-electron chi connectivity index (χ2n) is 7.08. The third-order valence-corrected chi connectivity index (χ3v) is 5.39. The normalized spacial score (nSPS) is 13.4. The number of carbonyl (C=O) groups is 3. The van der Waals surface area contributed by atoms with Gasteiger partial charge in [-0.15, -0.1) is 0 Å². The van der Waals surface area contributed by atoms with Gasteiger partial charge >= 0.3 is 0 Å². The molecule has 0 saturated heterocycles. The van der Waals surface area contributed by atoms with Gasteiger partial charge in [0, 0.05) is 30.3 Å². The van der Waals surface area contributed by atoms with E-state index in [1.807, 2.05) is 6.07 Å². The highest BCUT2D eigenvalue weighted by molar-refractivity contribution is 7.22. The van der Waals surface area contributed by atoms with Crippen LogP contribution in [0.5, 0.6) is 0 Å². The van der Waals surface area contributed by atoms with Crippen LogP contribution < -0.4 is 16.0 Å². The molecule has 4 rings (SSSR count). The Morgan fingerprint density at radius 1 is 1.07 bits per heavy atom. The van der Waals surface area contributed by atoms with E-state index in [2.05, 4.69) is 20.9 Å². The molecule has 0 atom stereocenters. The van der Waals surface area contributed by atoms with Crippen LogP contribution in [0.3, 0.4) is 0 Å². The number of rotatable bonds is 6. The highest BCUT2D eigenvalue weighted by Gasteiger charge is 2.23. The van der Waals surface area contributed by atoms with E-state index in [4.69, 9.17) is 0 Å². The van der Waals surface area contributed by atoms with Crippen molar-refractivity contribution in [3.05, 3.63) is 59.7 Å². The van der Waals surface area contributed by atoms with Crippen molar-refractivity contribution in [2.75, 3.05) is 10.6 Å². The molecule has 0 unspecified atom stereocenters. The molecular weight excluding hydrogens is 400 g/mol. The molecule has 1 fully saturated rings. The number of hydrogen-bond acceptors (Lipinski definition) is 5. The molecule has 3 N–H and O–H groups in total. The maximum Gasteiger partial charge on any atom is 0.251 e. The number of carbonyl (C=O) groups excluding carboxylic acids is 3. The van der Waals surface area contributed by atoms with Crippen LogP contribution >= 0.6 is 11.3 Å². The Kier molecular flexibility index (Phi) is 5.58. The molecule has 1 saturated carbocycles. The molecule has 7 nitrogen and oxygen atoms in total. The summed E-state index contributed by atoms with van der Waals surface area (Å²) in [6.45, 7) is 1.45. The van der Waals surface area contributed by atoms with Crippen LogP contribution in [0.25, 0.3) is 16.3 Å². The average Bonchev–Trinajstić information content (AvgIpc) is 3.43. The highest BCUT2D eigenvalue weighted by Crippen LogP contribution is 2.28. The SMILES string of the molecule is CC(=O)Nc1ccc2nc(NC(=O)/C=C/c3ccc(C(=O)NC4CC4)cc3)sc2c1. The van der Waals surface area contributed by atoms with E-state index in [9.17, 15) is 14.4 Å². The van der Waals surface area contributed by atoms with Gasteiger partial charge in [-0.05, 0) is 54.8 Å². The molecule has 1 heterocycles. The molecular formula is C22H20N4O3S. The van der Waals surface area contributed by atoms with Gasteiger partial charge in [-0.25, -0.2) is 4.98 Å². The first kappa shape index (κ1) is 19.8. The Balaban J connectivity index is 1.37. The predicted molar refractivity (Wildman–Crippen MR) is 119 cm³/mol. The van der Waals surface area contributed by atoms with Crippen LogP contribution in [0, 0.1) is 0 Å². The maximum absolute atomic E-state index is 12.2. The Hall–Kier alpha value is -3.52. The van der Waals surface area contributed by atoms with Crippen molar-refractivity contribution >= 4 is 56.2 Å². The number of nitrogens with one attached hydrogen (secondary N) is 3. The van der Waals surface area contributed by atoms with E-state index in [1.165, 1.54) is 24.3 Å². The number of fused-ring (bicyclic) bond motifs is 1. The molecule has 0 aliphatic heterocycles. The second kappa shape index (κ2) is 8.46. The molecule has 3 aromatic rings. The third-order valence-electron chi connectivity index (χ3n) is 4.45. The minimum absolute atomic E-state index is 0.0664. The zero-order chi connectivity index (χ0) is 21.1. The van der Waals surface area contributed by atoms with Crippen LogP contribution in [-0.2, 0) is 9.59 Å². The molecule has 30 heavy (non-hydrogen) atoms. The molecule has 0 bridgehead atoms. The summed E-state index contributed by atoms with van der Waals surface area (Å²) >= 11 is 1.33. The third kappa shape index (κ3) is 5.09. The Morgan fingerprint density at radius 3 is 2.53 bits per heavy atom. The van der Waals surface area contributed by atoms with Crippen LogP contribution in [0.15, 0.2) is 48.5 Å². The summed E-state index contributed by atoms with van der Waals surface area (Å²) in [7, 11) is 0. The number of hydrogen-bond donors (Lipinski definition) is 3. The molecule has 1 aliphatic rings. The van der Waals surface area contributed by atoms with Gasteiger partial charge < -0.3 is 10.6 Å². The van der Waals surface area contributed by atoms with Crippen LogP contribution in [-0.4, -0.2) is 28.7 Å². The summed E-state index contributed by atoms with van der Waals surface area (Å²) in [5, 5.41) is 8.90. The van der Waals surface area contributed by atoms with Crippen molar-refractivity contribution in [1.82, 2.24) is 10.3 Å². The Labute approximate surface area is 177 Å². The van der Waals surface area contributed by atoms with Crippen molar-refractivity contribution in [1.29, 1.82) is 0 Å². The van der Waals surface area contributed by atoms with Gasteiger partial charge in [0.1, 0.15) is 0 Å². The first-order valence-corrected chi connectivity index (χ1v) is 10.4. The second-order valence-corrected chi connectivity index (χ2v) is 8.11. The van der Waals surface area contributed by atoms with Crippen LogP contribution in [0.1, 0.15) is 35.7 Å². The van der Waals surface area contributed by atoms with E-state index in [1.54, 1.807) is 42.5 Å². The van der Waals surface area contributed by atoms with E-state index >= 15 is 0 Å². The first-order valence-electron chi connectivity index (χ1n) is 9.54. The number of benzene rings is 2. The van der Waals surface area contributed by atoms with Gasteiger partial charge in [-0.3, -0.25) is 19.7 Å². The predicted octanol–water partition coefficient (Wildman–Crippen LogP) is 3.80. The summed E-state index contributed by atoms with van der Waals surface area (Å²) in [5.41, 5.74) is 2.85. The molecule has 152 valence electrons. The zero-order valence-corrected chi connectivity index (χ0v) is 17.1. The minimum atomic E-state index is -0.299. The molecule has 2 aromatic carbocycles. The van der Waals surface area contributed by atoms with Gasteiger partial charge in [0.2, 0.25) is 11.8 Å². The lowest BCUT2D eigenvalue weighted by Gasteiger charge is -2.03. The lowest BCUT2D eigenvalue weighted by atomic mass is 10.1. The summed E-state index contributed by atoms with van der Waals surface area (Å²) in [6.07, 6.45) is 5.20. The largest absolute Gasteiger partial charge is 0.349 e. The standard InChI is InChI=1S/C22H20N4O3S/c1-13(27)23-17-9-10-18-19(12-17)30-22(25-18)26-20(28)11-4-14-2-5-15(6-3-14)21(29)24-16-7-8-16/h2-6,9-12,16H,7-8H2,1H3,(H,23,27)(H,24,29)(H,25,26,28)/b11-4+. The number of thiazole rings is 1. The quantitative estimate of drug-likeness (QED) is 0.528. The lowest BCUT2D eigenvalue weighted by molar-refractivity contribution is -0.114. The van der Waals surface area contributed by atoms with Crippen molar-refractivity contribution in [3.63, 3.8) is 0 Å². The summed E-state index contributed by atoms with van der Waals surface area (Å²) < 4.78 is 0.862. The van der Waals surface area contributed by atoms with Crippen LogP contribution in [0.2, 0.25) is 0 Å². The first-order chi connectivity index (χ1) is 14.5.